The molecular formula is C26H20O. The SMILES string of the molecule is Cc1ccc(-c2c3c(c4ccccc4c(=O)c2C)Cc2ccccc2-3)cc1. The first-order valence-electron chi connectivity index (χ1n) is 9.39. The van der Waals surface area contributed by atoms with Gasteiger partial charge in [-0.3, -0.25) is 4.79 Å². The van der Waals surface area contributed by atoms with Crippen LogP contribution >= 0.6 is 0 Å². The van der Waals surface area contributed by atoms with Gasteiger partial charge in [-0.15, -0.1) is 0 Å². The van der Waals surface area contributed by atoms with Crippen LogP contribution in [0.3, 0.4) is 0 Å². The van der Waals surface area contributed by atoms with E-state index in [9.17, 15) is 4.79 Å². The Balaban J connectivity index is 2.03. The number of hydrogen-bond acceptors (Lipinski definition) is 1. The smallest absolute Gasteiger partial charge is 0.189 e. The van der Waals surface area contributed by atoms with E-state index in [2.05, 4.69) is 61.5 Å². The summed E-state index contributed by atoms with van der Waals surface area (Å²) in [6.07, 6.45) is 0.873. The predicted octanol–water partition coefficient (Wildman–Crippen LogP) is 6.06. The van der Waals surface area contributed by atoms with Gasteiger partial charge in [0.25, 0.3) is 0 Å². The molecule has 0 radical (unpaired) electrons. The topological polar surface area (TPSA) is 17.1 Å². The van der Waals surface area contributed by atoms with E-state index in [1.807, 2.05) is 25.1 Å². The second-order valence-electron chi connectivity index (χ2n) is 7.43. The maximum absolute atomic E-state index is 13.3. The van der Waals surface area contributed by atoms with Crippen LogP contribution in [0.15, 0.2) is 77.6 Å². The second-order valence-corrected chi connectivity index (χ2v) is 7.43. The summed E-state index contributed by atoms with van der Waals surface area (Å²) in [5, 5.41) is 1.90. The lowest BCUT2D eigenvalue weighted by Gasteiger charge is -2.10. The molecule has 0 unspecified atom stereocenters. The van der Waals surface area contributed by atoms with Crippen LogP contribution in [0.2, 0.25) is 0 Å². The van der Waals surface area contributed by atoms with Crippen LogP contribution in [0.1, 0.15) is 22.3 Å². The van der Waals surface area contributed by atoms with E-state index in [1.54, 1.807) is 0 Å². The number of fused-ring (bicyclic) bond motifs is 5. The van der Waals surface area contributed by atoms with Crippen molar-refractivity contribution in [1.29, 1.82) is 0 Å². The summed E-state index contributed by atoms with van der Waals surface area (Å²) in [4.78, 5) is 13.3. The fourth-order valence-corrected chi connectivity index (χ4v) is 4.40. The highest BCUT2D eigenvalue weighted by Gasteiger charge is 2.25. The molecule has 0 spiro atoms. The second kappa shape index (κ2) is 5.92. The van der Waals surface area contributed by atoms with Gasteiger partial charge in [-0.2, -0.15) is 0 Å². The van der Waals surface area contributed by atoms with Crippen molar-refractivity contribution >= 4 is 10.8 Å². The summed E-state index contributed by atoms with van der Waals surface area (Å²) >= 11 is 0. The van der Waals surface area contributed by atoms with Gasteiger partial charge in [-0.1, -0.05) is 78.4 Å². The van der Waals surface area contributed by atoms with Crippen molar-refractivity contribution in [1.82, 2.24) is 0 Å². The standard InChI is InChI=1S/C26H20O/c1-16-11-13-18(14-12-16)24-17(2)26(27)22-10-6-5-9-21(22)23-15-19-7-3-4-8-20(19)25(23)24/h3-14H,15H2,1-2H3. The highest BCUT2D eigenvalue weighted by molar-refractivity contribution is 6.00. The molecule has 0 saturated heterocycles. The van der Waals surface area contributed by atoms with Crippen molar-refractivity contribution in [3.63, 3.8) is 0 Å². The number of rotatable bonds is 1. The lowest BCUT2D eigenvalue weighted by atomic mass is 9.93. The number of benzene rings is 3. The maximum atomic E-state index is 13.3. The van der Waals surface area contributed by atoms with Gasteiger partial charge >= 0.3 is 0 Å². The van der Waals surface area contributed by atoms with Crippen LogP contribution in [-0.4, -0.2) is 0 Å². The van der Waals surface area contributed by atoms with Crippen LogP contribution in [0, 0.1) is 13.8 Å². The van der Waals surface area contributed by atoms with Crippen LogP contribution in [-0.2, 0) is 6.42 Å². The Morgan fingerprint density at radius 2 is 1.37 bits per heavy atom. The molecule has 4 aromatic rings. The van der Waals surface area contributed by atoms with Crippen LogP contribution in [0.4, 0.5) is 0 Å². The lowest BCUT2D eigenvalue weighted by molar-refractivity contribution is 1.29. The first kappa shape index (κ1) is 16.0. The average molecular weight is 348 g/mol. The molecule has 1 aliphatic rings. The lowest BCUT2D eigenvalue weighted by Crippen LogP contribution is -2.03. The summed E-state index contributed by atoms with van der Waals surface area (Å²) in [5.41, 5.74) is 9.47. The summed E-state index contributed by atoms with van der Waals surface area (Å²) in [6, 6.07) is 25.2. The van der Waals surface area contributed by atoms with Crippen LogP contribution in [0.25, 0.3) is 33.0 Å². The van der Waals surface area contributed by atoms with E-state index < -0.39 is 0 Å². The Labute approximate surface area is 158 Å². The van der Waals surface area contributed by atoms with E-state index >= 15 is 0 Å². The molecule has 0 heterocycles. The largest absolute Gasteiger partial charge is 0.289 e. The third-order valence-corrected chi connectivity index (χ3v) is 5.76. The molecule has 1 aliphatic carbocycles. The van der Waals surface area contributed by atoms with E-state index in [4.69, 9.17) is 0 Å². The number of aryl methyl sites for hydroxylation is 1. The minimum atomic E-state index is 0.132. The van der Waals surface area contributed by atoms with Crippen molar-refractivity contribution in [3.8, 4) is 22.3 Å². The predicted molar refractivity (Wildman–Crippen MR) is 113 cm³/mol. The van der Waals surface area contributed by atoms with Crippen LogP contribution < -0.4 is 5.43 Å². The molecule has 5 rings (SSSR count). The Morgan fingerprint density at radius 1 is 0.704 bits per heavy atom. The van der Waals surface area contributed by atoms with Crippen molar-refractivity contribution in [2.45, 2.75) is 20.3 Å². The first-order chi connectivity index (χ1) is 13.1. The number of hydrogen-bond donors (Lipinski definition) is 0. The van der Waals surface area contributed by atoms with Gasteiger partial charge in [0.1, 0.15) is 0 Å². The molecule has 130 valence electrons. The van der Waals surface area contributed by atoms with Gasteiger partial charge < -0.3 is 0 Å². The maximum Gasteiger partial charge on any atom is 0.189 e. The Hall–Kier alpha value is -3.19. The fraction of sp³-hybridized carbons (Fsp3) is 0.115. The molecule has 0 bridgehead atoms. The van der Waals surface area contributed by atoms with Crippen molar-refractivity contribution in [3.05, 3.63) is 105 Å². The molecule has 4 aromatic carbocycles. The summed E-state index contributed by atoms with van der Waals surface area (Å²) < 4.78 is 0. The zero-order valence-electron chi connectivity index (χ0n) is 15.5. The Morgan fingerprint density at radius 3 is 2.15 bits per heavy atom. The van der Waals surface area contributed by atoms with Gasteiger partial charge in [0, 0.05) is 10.9 Å². The molecule has 1 heteroatoms. The molecular weight excluding hydrogens is 328 g/mol. The Bertz CT molecular complexity index is 1260. The average Bonchev–Trinajstić information content (AvgIpc) is 3.04. The molecule has 0 fully saturated rings. The Kier molecular flexibility index (Phi) is 3.51. The van der Waals surface area contributed by atoms with Crippen molar-refractivity contribution < 1.29 is 0 Å². The third-order valence-electron chi connectivity index (χ3n) is 5.76. The highest BCUT2D eigenvalue weighted by atomic mass is 16.1. The quantitative estimate of drug-likeness (QED) is 0.360. The minimum absolute atomic E-state index is 0.132. The molecule has 27 heavy (non-hydrogen) atoms. The van der Waals surface area contributed by atoms with E-state index in [0.29, 0.717) is 0 Å². The monoisotopic (exact) mass is 348 g/mol. The molecule has 0 N–H and O–H groups in total. The van der Waals surface area contributed by atoms with Gasteiger partial charge in [0.2, 0.25) is 0 Å². The van der Waals surface area contributed by atoms with Crippen LogP contribution in [0.5, 0.6) is 0 Å². The summed E-state index contributed by atoms with van der Waals surface area (Å²) in [5.74, 6) is 0. The fourth-order valence-electron chi connectivity index (χ4n) is 4.40. The zero-order chi connectivity index (χ0) is 18.5. The molecule has 0 amide bonds. The van der Waals surface area contributed by atoms with Gasteiger partial charge in [-0.25, -0.2) is 0 Å². The first-order valence-corrected chi connectivity index (χ1v) is 9.39. The minimum Gasteiger partial charge on any atom is -0.289 e. The molecule has 1 nitrogen and oxygen atoms in total. The van der Waals surface area contributed by atoms with Gasteiger partial charge in [0.15, 0.2) is 5.43 Å². The van der Waals surface area contributed by atoms with E-state index in [1.165, 1.54) is 27.8 Å². The molecule has 0 atom stereocenters. The molecule has 0 saturated carbocycles. The normalized spacial score (nSPS) is 12.1. The summed E-state index contributed by atoms with van der Waals surface area (Å²) in [7, 11) is 0. The van der Waals surface area contributed by atoms with Gasteiger partial charge in [0.05, 0.1) is 0 Å². The van der Waals surface area contributed by atoms with E-state index in [-0.39, 0.29) is 5.43 Å². The molecule has 0 aromatic heterocycles. The van der Waals surface area contributed by atoms with Crippen molar-refractivity contribution in [2.75, 3.05) is 0 Å². The summed E-state index contributed by atoms with van der Waals surface area (Å²) in [6.45, 7) is 4.07. The molecule has 0 aliphatic heterocycles. The van der Waals surface area contributed by atoms with Gasteiger partial charge in [-0.05, 0) is 59.0 Å². The third kappa shape index (κ3) is 2.35. The highest BCUT2D eigenvalue weighted by Crippen LogP contribution is 2.45. The van der Waals surface area contributed by atoms with E-state index in [0.717, 1.165) is 33.9 Å². The zero-order valence-corrected chi connectivity index (χ0v) is 15.5. The van der Waals surface area contributed by atoms with Crippen molar-refractivity contribution in [2.24, 2.45) is 0 Å².